The van der Waals surface area contributed by atoms with Crippen molar-refractivity contribution < 1.29 is 4.42 Å². The van der Waals surface area contributed by atoms with Crippen molar-refractivity contribution in [1.29, 1.82) is 0 Å². The van der Waals surface area contributed by atoms with Crippen molar-refractivity contribution >= 4 is 12.2 Å². The molecule has 0 saturated carbocycles. The summed E-state index contributed by atoms with van der Waals surface area (Å²) >= 11 is 5.25. The maximum Gasteiger partial charge on any atom is 0.133 e. The molecule has 0 aliphatic carbocycles. The Morgan fingerprint density at radius 2 is 2.31 bits per heavy atom. The summed E-state index contributed by atoms with van der Waals surface area (Å²) < 4.78 is 5.75. The lowest BCUT2D eigenvalue weighted by Crippen LogP contribution is -1.99. The Hall–Kier alpha value is -1.42. The molecule has 0 aliphatic rings. The number of nitrogens with zero attached hydrogens (tertiary/aromatic N) is 1. The number of nitrogens with one attached hydrogen (secondary N) is 1. The highest BCUT2D eigenvalue weighted by molar-refractivity contribution is 7.71. The molecular formula is C12H14N2OS. The van der Waals surface area contributed by atoms with Crippen molar-refractivity contribution in [3.05, 3.63) is 34.6 Å². The van der Waals surface area contributed by atoms with Crippen LogP contribution in [0.4, 0.5) is 0 Å². The van der Waals surface area contributed by atoms with E-state index >= 15 is 0 Å². The summed E-state index contributed by atoms with van der Waals surface area (Å²) in [6, 6.07) is 1.92. The van der Waals surface area contributed by atoms with E-state index in [1.807, 2.05) is 13.0 Å². The molecule has 2 heterocycles. The molecule has 3 nitrogen and oxygen atoms in total. The van der Waals surface area contributed by atoms with Crippen molar-refractivity contribution in [3.8, 4) is 11.3 Å². The molecule has 0 radical (unpaired) electrons. The lowest BCUT2D eigenvalue weighted by Gasteiger charge is -2.07. The highest BCUT2D eigenvalue weighted by Crippen LogP contribution is 2.22. The molecule has 0 aliphatic heterocycles. The molecule has 0 saturated heterocycles. The molecule has 0 amide bonds. The van der Waals surface area contributed by atoms with Gasteiger partial charge in [-0.3, -0.25) is 0 Å². The van der Waals surface area contributed by atoms with Crippen molar-refractivity contribution in [1.82, 2.24) is 9.97 Å². The minimum absolute atomic E-state index is 0.665. The first kappa shape index (κ1) is 11.1. The predicted octanol–water partition coefficient (Wildman–Crippen LogP) is 3.66. The second-order valence-electron chi connectivity index (χ2n) is 3.75. The minimum atomic E-state index is 0.665. The zero-order valence-electron chi connectivity index (χ0n) is 9.41. The van der Waals surface area contributed by atoms with Gasteiger partial charge in [-0.15, -0.1) is 0 Å². The summed E-state index contributed by atoms with van der Waals surface area (Å²) in [4.78, 5) is 7.68. The maximum absolute atomic E-state index is 5.25. The van der Waals surface area contributed by atoms with Crippen LogP contribution in [0.5, 0.6) is 0 Å². The number of H-pyrrole nitrogens is 1. The second kappa shape index (κ2) is 4.61. The monoisotopic (exact) mass is 234 g/mol. The van der Waals surface area contributed by atoms with Crippen molar-refractivity contribution in [2.24, 2.45) is 0 Å². The van der Waals surface area contributed by atoms with Crippen LogP contribution in [0.25, 0.3) is 11.3 Å². The largest absolute Gasteiger partial charge is 0.472 e. The fraction of sp³-hybridized carbons (Fsp3) is 0.333. The van der Waals surface area contributed by atoms with Gasteiger partial charge in [0.25, 0.3) is 0 Å². The summed E-state index contributed by atoms with van der Waals surface area (Å²) in [6.07, 6.45) is 5.33. The first-order valence-electron chi connectivity index (χ1n) is 5.34. The van der Waals surface area contributed by atoms with Gasteiger partial charge in [0.05, 0.1) is 18.2 Å². The van der Waals surface area contributed by atoms with Gasteiger partial charge in [0.1, 0.15) is 10.5 Å². The quantitative estimate of drug-likeness (QED) is 0.824. The Kier molecular flexibility index (Phi) is 3.19. The molecule has 0 aromatic carbocycles. The predicted molar refractivity (Wildman–Crippen MR) is 65.9 cm³/mol. The van der Waals surface area contributed by atoms with Gasteiger partial charge >= 0.3 is 0 Å². The number of hydrogen-bond acceptors (Lipinski definition) is 3. The molecule has 0 fully saturated rings. The number of aromatic nitrogens is 2. The van der Waals surface area contributed by atoms with Gasteiger partial charge in [0.15, 0.2) is 0 Å². The molecule has 0 unspecified atom stereocenters. The molecule has 1 N–H and O–H groups in total. The van der Waals surface area contributed by atoms with Gasteiger partial charge in [0.2, 0.25) is 0 Å². The SMILES string of the molecule is CCCc1nc(=S)c(C)c(-c2ccoc2)[nH]1. The second-order valence-corrected chi connectivity index (χ2v) is 4.14. The number of aromatic amines is 1. The van der Waals surface area contributed by atoms with Gasteiger partial charge in [-0.25, -0.2) is 4.98 Å². The van der Waals surface area contributed by atoms with Gasteiger partial charge in [-0.2, -0.15) is 0 Å². The average Bonchev–Trinajstić information content (AvgIpc) is 2.76. The third-order valence-electron chi connectivity index (χ3n) is 2.50. The molecule has 2 aromatic rings. The molecule has 4 heteroatoms. The maximum atomic E-state index is 5.25. The van der Waals surface area contributed by atoms with Crippen LogP contribution in [0.15, 0.2) is 23.0 Å². The molecule has 2 aromatic heterocycles. The summed E-state index contributed by atoms with van der Waals surface area (Å²) in [7, 11) is 0. The van der Waals surface area contributed by atoms with E-state index in [1.54, 1.807) is 12.5 Å². The highest BCUT2D eigenvalue weighted by Gasteiger charge is 2.07. The molecule has 84 valence electrons. The van der Waals surface area contributed by atoms with E-state index in [2.05, 4.69) is 16.9 Å². The smallest absolute Gasteiger partial charge is 0.133 e. The molecule has 0 spiro atoms. The molecule has 0 bridgehead atoms. The van der Waals surface area contributed by atoms with Crippen molar-refractivity contribution in [3.63, 3.8) is 0 Å². The van der Waals surface area contributed by atoms with Crippen LogP contribution in [-0.4, -0.2) is 9.97 Å². The number of hydrogen-bond donors (Lipinski definition) is 1. The van der Waals surface area contributed by atoms with Crippen LogP contribution < -0.4 is 0 Å². The van der Waals surface area contributed by atoms with E-state index in [4.69, 9.17) is 16.6 Å². The van der Waals surface area contributed by atoms with Crippen LogP contribution in [0, 0.1) is 11.6 Å². The molecule has 2 rings (SSSR count). The standard InChI is InChI=1S/C12H14N2OS/c1-3-4-10-13-11(8(2)12(16)14-10)9-5-6-15-7-9/h5-7H,3-4H2,1-2H3,(H,13,14,16). The number of rotatable bonds is 3. The Labute approximate surface area is 99.5 Å². The van der Waals surface area contributed by atoms with E-state index in [-0.39, 0.29) is 0 Å². The van der Waals surface area contributed by atoms with Crippen LogP contribution >= 0.6 is 12.2 Å². The van der Waals surface area contributed by atoms with E-state index in [0.717, 1.165) is 35.5 Å². The van der Waals surface area contributed by atoms with Crippen LogP contribution in [0.3, 0.4) is 0 Å². The van der Waals surface area contributed by atoms with E-state index < -0.39 is 0 Å². The Bertz CT molecular complexity index is 528. The van der Waals surface area contributed by atoms with Gasteiger partial charge in [-0.05, 0) is 19.4 Å². The van der Waals surface area contributed by atoms with Gasteiger partial charge < -0.3 is 9.40 Å². The summed E-state index contributed by atoms with van der Waals surface area (Å²) in [5, 5.41) is 0. The fourth-order valence-corrected chi connectivity index (χ4v) is 1.84. The van der Waals surface area contributed by atoms with Gasteiger partial charge in [0, 0.05) is 17.5 Å². The topological polar surface area (TPSA) is 41.8 Å². The lowest BCUT2D eigenvalue weighted by molar-refractivity contribution is 0.568. The van der Waals surface area contributed by atoms with Crippen LogP contribution in [-0.2, 0) is 6.42 Å². The average molecular weight is 234 g/mol. The first-order chi connectivity index (χ1) is 7.72. The minimum Gasteiger partial charge on any atom is -0.472 e. The van der Waals surface area contributed by atoms with Gasteiger partial charge in [-0.1, -0.05) is 19.1 Å². The van der Waals surface area contributed by atoms with Crippen LogP contribution in [0.1, 0.15) is 24.7 Å². The molecule has 0 atom stereocenters. The zero-order valence-corrected chi connectivity index (χ0v) is 10.2. The fourth-order valence-electron chi connectivity index (χ4n) is 1.63. The van der Waals surface area contributed by atoms with Crippen molar-refractivity contribution in [2.45, 2.75) is 26.7 Å². The normalized spacial score (nSPS) is 10.6. The third-order valence-corrected chi connectivity index (χ3v) is 2.90. The first-order valence-corrected chi connectivity index (χ1v) is 5.75. The number of aryl methyl sites for hydroxylation is 1. The van der Waals surface area contributed by atoms with E-state index in [0.29, 0.717) is 4.64 Å². The Morgan fingerprint density at radius 1 is 1.50 bits per heavy atom. The third kappa shape index (κ3) is 2.07. The molecule has 16 heavy (non-hydrogen) atoms. The van der Waals surface area contributed by atoms with Crippen molar-refractivity contribution in [2.75, 3.05) is 0 Å². The van der Waals surface area contributed by atoms with E-state index in [9.17, 15) is 0 Å². The lowest BCUT2D eigenvalue weighted by atomic mass is 10.1. The number of furan rings is 1. The summed E-state index contributed by atoms with van der Waals surface area (Å²) in [5.41, 5.74) is 3.02. The highest BCUT2D eigenvalue weighted by atomic mass is 32.1. The Balaban J connectivity index is 2.56. The van der Waals surface area contributed by atoms with E-state index in [1.165, 1.54) is 0 Å². The zero-order chi connectivity index (χ0) is 11.5. The summed E-state index contributed by atoms with van der Waals surface area (Å²) in [6.45, 7) is 4.10. The molecular weight excluding hydrogens is 220 g/mol. The summed E-state index contributed by atoms with van der Waals surface area (Å²) in [5.74, 6) is 0.939. The Morgan fingerprint density at radius 3 is 2.94 bits per heavy atom. The van der Waals surface area contributed by atoms with Crippen LogP contribution in [0.2, 0.25) is 0 Å².